The molecule has 3 nitrogen and oxygen atoms in total. The number of fused-ring (bicyclic) bond motifs is 4. The zero-order chi connectivity index (χ0) is 15.3. The highest BCUT2D eigenvalue weighted by atomic mass is 32.1. The van der Waals surface area contributed by atoms with Crippen molar-refractivity contribution >= 4 is 27.3 Å². The van der Waals surface area contributed by atoms with Crippen molar-refractivity contribution in [1.29, 1.82) is 0 Å². The van der Waals surface area contributed by atoms with Crippen LogP contribution in [0.25, 0.3) is 10.2 Å². The molecule has 5 rings (SSSR count). The maximum absolute atomic E-state index is 12.8. The van der Waals surface area contributed by atoms with Crippen molar-refractivity contribution in [2.75, 3.05) is 13.1 Å². The van der Waals surface area contributed by atoms with Gasteiger partial charge in [0.1, 0.15) is 4.83 Å². The number of nitrogens with zero attached hydrogens (tertiary/aromatic N) is 2. The van der Waals surface area contributed by atoms with Gasteiger partial charge in [-0.25, -0.2) is 4.98 Å². The lowest BCUT2D eigenvalue weighted by atomic mass is 9.65. The van der Waals surface area contributed by atoms with Gasteiger partial charge in [-0.1, -0.05) is 6.07 Å². The molecule has 3 fully saturated rings. The molecule has 22 heavy (non-hydrogen) atoms. The Labute approximate surface area is 135 Å². The highest BCUT2D eigenvalue weighted by Crippen LogP contribution is 2.46. The highest BCUT2D eigenvalue weighted by Gasteiger charge is 2.47. The van der Waals surface area contributed by atoms with E-state index < -0.39 is 0 Å². The van der Waals surface area contributed by atoms with Crippen LogP contribution in [-0.2, 0) is 0 Å². The van der Waals surface area contributed by atoms with Crippen molar-refractivity contribution in [3.63, 3.8) is 0 Å². The van der Waals surface area contributed by atoms with E-state index in [1.165, 1.54) is 37.3 Å². The summed E-state index contributed by atoms with van der Waals surface area (Å²) in [5.41, 5.74) is 0.158. The second kappa shape index (κ2) is 5.14. The minimum absolute atomic E-state index is 0.158. The maximum atomic E-state index is 12.8. The molecule has 3 saturated heterocycles. The van der Waals surface area contributed by atoms with Crippen LogP contribution < -0.4 is 0 Å². The van der Waals surface area contributed by atoms with Crippen molar-refractivity contribution in [2.45, 2.75) is 38.6 Å². The summed E-state index contributed by atoms with van der Waals surface area (Å²) in [5, 5.41) is 1.09. The van der Waals surface area contributed by atoms with Gasteiger partial charge in [0, 0.05) is 23.5 Å². The number of carbonyl (C=O) groups is 1. The van der Waals surface area contributed by atoms with Crippen LogP contribution in [0.1, 0.15) is 42.8 Å². The number of ketones is 1. The summed E-state index contributed by atoms with van der Waals surface area (Å²) < 4.78 is 0. The molecule has 2 aromatic rings. The smallest absolute Gasteiger partial charge is 0.173 e. The fraction of sp³-hybridized carbons (Fsp3) is 0.556. The Hall–Kier alpha value is -1.26. The topological polar surface area (TPSA) is 33.2 Å². The lowest BCUT2D eigenvalue weighted by Gasteiger charge is -2.56. The SMILES string of the molecule is CC1(C)[C@@H](CC(=O)c2cc3cccnc3s2)C2CCN1CC2. The molecule has 5 heterocycles. The molecule has 0 saturated carbocycles. The molecular formula is C18H22N2OS. The van der Waals surface area contributed by atoms with Crippen LogP contribution in [0.4, 0.5) is 0 Å². The monoisotopic (exact) mass is 314 g/mol. The summed E-state index contributed by atoms with van der Waals surface area (Å²) >= 11 is 1.54. The third-order valence-electron chi connectivity index (χ3n) is 5.81. The molecule has 116 valence electrons. The fourth-order valence-electron chi connectivity index (χ4n) is 4.42. The van der Waals surface area contributed by atoms with Gasteiger partial charge in [0.25, 0.3) is 0 Å². The molecule has 0 radical (unpaired) electrons. The first-order valence-corrected chi connectivity index (χ1v) is 9.00. The highest BCUT2D eigenvalue weighted by molar-refractivity contribution is 7.20. The van der Waals surface area contributed by atoms with Crippen LogP contribution in [0.5, 0.6) is 0 Å². The first kappa shape index (κ1) is 14.3. The maximum Gasteiger partial charge on any atom is 0.173 e. The molecule has 0 aromatic carbocycles. The van der Waals surface area contributed by atoms with E-state index in [1.54, 1.807) is 6.20 Å². The summed E-state index contributed by atoms with van der Waals surface area (Å²) in [6.07, 6.45) is 5.00. The normalized spacial score (nSPS) is 29.8. The van der Waals surface area contributed by atoms with Gasteiger partial charge in [-0.15, -0.1) is 11.3 Å². The van der Waals surface area contributed by atoms with Crippen molar-refractivity contribution < 1.29 is 4.79 Å². The predicted molar refractivity (Wildman–Crippen MR) is 90.4 cm³/mol. The summed E-state index contributed by atoms with van der Waals surface area (Å²) in [7, 11) is 0. The Morgan fingerprint density at radius 1 is 1.41 bits per heavy atom. The average molecular weight is 314 g/mol. The fourth-order valence-corrected chi connectivity index (χ4v) is 5.37. The van der Waals surface area contributed by atoms with Crippen molar-refractivity contribution in [3.05, 3.63) is 29.3 Å². The molecule has 2 bridgehead atoms. The molecule has 0 aliphatic carbocycles. The predicted octanol–water partition coefficient (Wildman–Crippen LogP) is 3.99. The number of thiophene rings is 1. The van der Waals surface area contributed by atoms with E-state index in [4.69, 9.17) is 0 Å². The van der Waals surface area contributed by atoms with Crippen molar-refractivity contribution in [1.82, 2.24) is 9.88 Å². The molecule has 4 heteroatoms. The molecule has 0 amide bonds. The zero-order valence-electron chi connectivity index (χ0n) is 13.2. The summed E-state index contributed by atoms with van der Waals surface area (Å²) in [5.74, 6) is 1.51. The summed E-state index contributed by atoms with van der Waals surface area (Å²) in [6.45, 7) is 7.05. The van der Waals surface area contributed by atoms with Crippen LogP contribution in [-0.4, -0.2) is 34.3 Å². The van der Waals surface area contributed by atoms with Gasteiger partial charge in [-0.3, -0.25) is 9.69 Å². The van der Waals surface area contributed by atoms with Gasteiger partial charge in [-0.05, 0) is 63.7 Å². The molecule has 3 aliphatic rings. The molecular weight excluding hydrogens is 292 g/mol. The average Bonchev–Trinajstić information content (AvgIpc) is 2.95. The molecule has 0 spiro atoms. The molecule has 3 aliphatic heterocycles. The van der Waals surface area contributed by atoms with E-state index in [-0.39, 0.29) is 5.54 Å². The second-order valence-corrected chi connectivity index (χ2v) is 8.25. The Morgan fingerprint density at radius 2 is 2.18 bits per heavy atom. The van der Waals surface area contributed by atoms with Crippen LogP contribution in [0.2, 0.25) is 0 Å². The van der Waals surface area contributed by atoms with Gasteiger partial charge in [0.15, 0.2) is 5.78 Å². The third kappa shape index (κ3) is 2.20. The lowest BCUT2D eigenvalue weighted by Crippen LogP contribution is -2.61. The van der Waals surface area contributed by atoms with Crippen LogP contribution in [0.3, 0.4) is 0 Å². The number of pyridine rings is 1. The number of rotatable bonds is 3. The quantitative estimate of drug-likeness (QED) is 0.803. The van der Waals surface area contributed by atoms with Crippen LogP contribution in [0.15, 0.2) is 24.4 Å². The minimum Gasteiger partial charge on any atom is -0.298 e. The van der Waals surface area contributed by atoms with E-state index >= 15 is 0 Å². The Bertz CT molecular complexity index is 680. The zero-order valence-corrected chi connectivity index (χ0v) is 14.0. The van der Waals surface area contributed by atoms with Crippen molar-refractivity contribution in [2.24, 2.45) is 11.8 Å². The van der Waals surface area contributed by atoms with Crippen LogP contribution >= 0.6 is 11.3 Å². The number of hydrogen-bond donors (Lipinski definition) is 0. The Kier molecular flexibility index (Phi) is 3.35. The van der Waals surface area contributed by atoms with E-state index in [0.717, 1.165) is 21.0 Å². The van der Waals surface area contributed by atoms with Gasteiger partial charge in [0.05, 0.1) is 4.88 Å². The lowest BCUT2D eigenvalue weighted by molar-refractivity contribution is -0.0643. The molecule has 1 atom stereocenters. The first-order chi connectivity index (χ1) is 10.6. The van der Waals surface area contributed by atoms with Gasteiger partial charge in [-0.2, -0.15) is 0 Å². The number of carbonyl (C=O) groups excluding carboxylic acids is 1. The minimum atomic E-state index is 0.158. The van der Waals surface area contributed by atoms with E-state index in [2.05, 4.69) is 23.7 Å². The molecule has 0 N–H and O–H groups in total. The number of Topliss-reactive ketones (excluding diaryl/α,β-unsaturated/α-hetero) is 1. The third-order valence-corrected chi connectivity index (χ3v) is 6.90. The van der Waals surface area contributed by atoms with Gasteiger partial charge >= 0.3 is 0 Å². The molecule has 2 aromatic heterocycles. The van der Waals surface area contributed by atoms with E-state index in [0.29, 0.717) is 18.1 Å². The van der Waals surface area contributed by atoms with Crippen LogP contribution in [0, 0.1) is 11.8 Å². The summed E-state index contributed by atoms with van der Waals surface area (Å²) in [4.78, 5) is 21.6. The molecule has 0 unspecified atom stereocenters. The van der Waals surface area contributed by atoms with Gasteiger partial charge < -0.3 is 0 Å². The number of aromatic nitrogens is 1. The van der Waals surface area contributed by atoms with Crippen molar-refractivity contribution in [3.8, 4) is 0 Å². The second-order valence-electron chi connectivity index (χ2n) is 7.22. The summed E-state index contributed by atoms with van der Waals surface area (Å²) in [6, 6.07) is 5.98. The Morgan fingerprint density at radius 3 is 2.86 bits per heavy atom. The largest absolute Gasteiger partial charge is 0.298 e. The number of hydrogen-bond acceptors (Lipinski definition) is 4. The standard InChI is InChI=1S/C18H22N2OS/c1-18(2)14(12-5-8-20(18)9-6-12)11-15(21)16-10-13-4-3-7-19-17(13)22-16/h3-4,7,10,12,14H,5-6,8-9,11H2,1-2H3/t14-/m0/s1. The Balaban J connectivity index is 1.58. The van der Waals surface area contributed by atoms with E-state index in [1.807, 2.05) is 18.2 Å². The number of piperidine rings is 3. The first-order valence-electron chi connectivity index (χ1n) is 8.18. The van der Waals surface area contributed by atoms with Gasteiger partial charge in [0.2, 0.25) is 0 Å². The van der Waals surface area contributed by atoms with E-state index in [9.17, 15) is 4.79 Å².